The van der Waals surface area contributed by atoms with Crippen LogP contribution >= 0.6 is 0 Å². The van der Waals surface area contributed by atoms with Gasteiger partial charge in [0.05, 0.1) is 13.2 Å². The van der Waals surface area contributed by atoms with Gasteiger partial charge in [0.15, 0.2) is 18.1 Å². The third-order valence-electron chi connectivity index (χ3n) is 5.71. The summed E-state index contributed by atoms with van der Waals surface area (Å²) in [5, 5.41) is 2.74. The lowest BCUT2D eigenvalue weighted by molar-refractivity contribution is -0.148. The van der Waals surface area contributed by atoms with E-state index >= 15 is 0 Å². The first-order valence-corrected chi connectivity index (χ1v) is 9.52. The number of amides is 1. The van der Waals surface area contributed by atoms with Gasteiger partial charge in [-0.2, -0.15) is 0 Å². The van der Waals surface area contributed by atoms with Crippen molar-refractivity contribution in [3.63, 3.8) is 0 Å². The molecule has 6 nitrogen and oxygen atoms in total. The Hall–Kier alpha value is -2.24. The van der Waals surface area contributed by atoms with Crippen molar-refractivity contribution in [2.75, 3.05) is 25.1 Å². The largest absolute Gasteiger partial charge is 0.490 e. The number of esters is 1. The molecule has 2 saturated carbocycles. The van der Waals surface area contributed by atoms with E-state index in [0.29, 0.717) is 48.7 Å². The first-order chi connectivity index (χ1) is 12.7. The van der Waals surface area contributed by atoms with Crippen LogP contribution in [0.2, 0.25) is 0 Å². The van der Waals surface area contributed by atoms with Crippen LogP contribution in [-0.2, 0) is 14.3 Å². The lowest BCUT2D eigenvalue weighted by Crippen LogP contribution is -2.23. The zero-order chi connectivity index (χ0) is 17.9. The van der Waals surface area contributed by atoms with Crippen molar-refractivity contribution in [3.05, 3.63) is 18.2 Å². The average molecular weight is 359 g/mol. The van der Waals surface area contributed by atoms with Crippen molar-refractivity contribution in [1.82, 2.24) is 0 Å². The highest BCUT2D eigenvalue weighted by Crippen LogP contribution is 2.49. The second-order valence-corrected chi connectivity index (χ2v) is 7.56. The molecule has 0 radical (unpaired) electrons. The number of nitrogens with one attached hydrogen (secondary N) is 1. The Morgan fingerprint density at radius 1 is 1.12 bits per heavy atom. The van der Waals surface area contributed by atoms with E-state index in [2.05, 4.69) is 5.32 Å². The number of hydrogen-bond acceptors (Lipinski definition) is 5. The third-order valence-corrected chi connectivity index (χ3v) is 5.71. The molecule has 6 heteroatoms. The van der Waals surface area contributed by atoms with E-state index in [9.17, 15) is 9.59 Å². The number of anilines is 1. The lowest BCUT2D eigenvalue weighted by atomic mass is 9.86. The maximum Gasteiger partial charge on any atom is 0.306 e. The van der Waals surface area contributed by atoms with Crippen LogP contribution in [0.4, 0.5) is 5.69 Å². The molecule has 0 aromatic heterocycles. The van der Waals surface area contributed by atoms with Crippen LogP contribution in [0.1, 0.15) is 38.5 Å². The topological polar surface area (TPSA) is 73.9 Å². The van der Waals surface area contributed by atoms with E-state index in [0.717, 1.165) is 18.8 Å². The van der Waals surface area contributed by atoms with Gasteiger partial charge in [-0.3, -0.25) is 9.59 Å². The number of carbonyl (C=O) groups excluding carboxylic acids is 2. The molecule has 0 spiro atoms. The Morgan fingerprint density at radius 2 is 1.96 bits per heavy atom. The molecule has 0 saturated heterocycles. The molecule has 1 N–H and O–H groups in total. The highest BCUT2D eigenvalue weighted by molar-refractivity contribution is 5.93. The van der Waals surface area contributed by atoms with E-state index in [-0.39, 0.29) is 18.5 Å². The molecule has 4 rings (SSSR count). The zero-order valence-electron chi connectivity index (χ0n) is 14.9. The summed E-state index contributed by atoms with van der Waals surface area (Å²) in [4.78, 5) is 24.1. The van der Waals surface area contributed by atoms with Crippen LogP contribution in [0, 0.1) is 17.8 Å². The summed E-state index contributed by atoms with van der Waals surface area (Å²) in [5.41, 5.74) is 0.600. The van der Waals surface area contributed by atoms with Gasteiger partial charge in [0.2, 0.25) is 0 Å². The van der Waals surface area contributed by atoms with Gasteiger partial charge >= 0.3 is 5.97 Å². The Kier molecular flexibility index (Phi) is 5.00. The summed E-state index contributed by atoms with van der Waals surface area (Å²) < 4.78 is 16.3. The average Bonchev–Trinajstić information content (AvgIpc) is 3.16. The Balaban J connectivity index is 1.24. The summed E-state index contributed by atoms with van der Waals surface area (Å²) in [6, 6.07) is 5.26. The van der Waals surface area contributed by atoms with Gasteiger partial charge in [0, 0.05) is 24.6 Å². The summed E-state index contributed by atoms with van der Waals surface area (Å²) in [5.74, 6) is 2.62. The van der Waals surface area contributed by atoms with Crippen LogP contribution in [0.15, 0.2) is 18.2 Å². The molecule has 1 aliphatic heterocycles. The summed E-state index contributed by atoms with van der Waals surface area (Å²) >= 11 is 0. The smallest absolute Gasteiger partial charge is 0.306 e. The maximum atomic E-state index is 12.1. The summed E-state index contributed by atoms with van der Waals surface area (Å²) in [6.45, 7) is 0.955. The van der Waals surface area contributed by atoms with Crippen LogP contribution in [0.5, 0.6) is 11.5 Å². The van der Waals surface area contributed by atoms with Gasteiger partial charge in [-0.1, -0.05) is 6.42 Å². The molecule has 2 bridgehead atoms. The number of fused-ring (bicyclic) bond motifs is 3. The van der Waals surface area contributed by atoms with Gasteiger partial charge < -0.3 is 19.5 Å². The predicted molar refractivity (Wildman–Crippen MR) is 95.2 cm³/mol. The predicted octanol–water partition coefficient (Wildman–Crippen LogP) is 3.16. The normalized spacial score (nSPS) is 26.2. The molecule has 1 aromatic rings. The van der Waals surface area contributed by atoms with Gasteiger partial charge in [-0.25, -0.2) is 0 Å². The first-order valence-electron chi connectivity index (χ1n) is 9.52. The van der Waals surface area contributed by atoms with Gasteiger partial charge in [-0.05, 0) is 49.1 Å². The molecule has 1 amide bonds. The van der Waals surface area contributed by atoms with Crippen LogP contribution in [0.25, 0.3) is 0 Å². The Bertz CT molecular complexity index is 689. The minimum Gasteiger partial charge on any atom is -0.490 e. The van der Waals surface area contributed by atoms with Crippen molar-refractivity contribution < 1.29 is 23.8 Å². The van der Waals surface area contributed by atoms with Crippen molar-refractivity contribution in [2.24, 2.45) is 17.8 Å². The standard InChI is InChI=1S/C20H25NO5/c22-19(12-26-20(23)10-15-9-13-2-3-14(15)8-13)21-16-4-5-17-18(11-16)25-7-1-6-24-17/h4-5,11,13-15H,1-3,6-10,12H2,(H,21,22)/t13-,14+,15-/m0/s1. The maximum absolute atomic E-state index is 12.1. The Labute approximate surface area is 153 Å². The molecule has 3 atom stereocenters. The van der Waals surface area contributed by atoms with E-state index in [1.807, 2.05) is 0 Å². The van der Waals surface area contributed by atoms with Crippen LogP contribution in [-0.4, -0.2) is 31.7 Å². The molecule has 0 unspecified atom stereocenters. The molecular formula is C20H25NO5. The van der Waals surface area contributed by atoms with Crippen molar-refractivity contribution >= 4 is 17.6 Å². The molecule has 140 valence electrons. The third kappa shape index (κ3) is 3.94. The number of carbonyl (C=O) groups is 2. The second-order valence-electron chi connectivity index (χ2n) is 7.56. The van der Waals surface area contributed by atoms with E-state index < -0.39 is 0 Å². The minimum absolute atomic E-state index is 0.256. The fourth-order valence-electron chi connectivity index (χ4n) is 4.48. The van der Waals surface area contributed by atoms with Crippen LogP contribution in [0.3, 0.4) is 0 Å². The fourth-order valence-corrected chi connectivity index (χ4v) is 4.48. The monoisotopic (exact) mass is 359 g/mol. The highest BCUT2D eigenvalue weighted by atomic mass is 16.5. The van der Waals surface area contributed by atoms with E-state index in [1.165, 1.54) is 19.3 Å². The second kappa shape index (κ2) is 7.56. The number of benzene rings is 1. The van der Waals surface area contributed by atoms with Crippen molar-refractivity contribution in [2.45, 2.75) is 38.5 Å². The van der Waals surface area contributed by atoms with E-state index in [4.69, 9.17) is 14.2 Å². The minimum atomic E-state index is -0.346. The molecule has 1 aromatic carbocycles. The first kappa shape index (κ1) is 17.2. The van der Waals surface area contributed by atoms with E-state index in [1.54, 1.807) is 18.2 Å². The van der Waals surface area contributed by atoms with Crippen molar-refractivity contribution in [1.29, 1.82) is 0 Å². The fraction of sp³-hybridized carbons (Fsp3) is 0.600. The molecule has 2 fully saturated rings. The van der Waals surface area contributed by atoms with Crippen LogP contribution < -0.4 is 14.8 Å². The summed E-state index contributed by atoms with van der Waals surface area (Å²) in [7, 11) is 0. The highest BCUT2D eigenvalue weighted by Gasteiger charge is 2.40. The SMILES string of the molecule is O=C(COC(=O)C[C@@H]1C[C@H]2CC[C@@H]1C2)Nc1ccc2c(c1)OCCCO2. The van der Waals surface area contributed by atoms with Gasteiger partial charge in [0.25, 0.3) is 5.91 Å². The van der Waals surface area contributed by atoms with Gasteiger partial charge in [-0.15, -0.1) is 0 Å². The molecule has 3 aliphatic rings. The quantitative estimate of drug-likeness (QED) is 0.818. The number of rotatable bonds is 5. The Morgan fingerprint density at radius 3 is 2.73 bits per heavy atom. The molecule has 1 heterocycles. The lowest BCUT2D eigenvalue weighted by Gasteiger charge is -2.20. The van der Waals surface area contributed by atoms with Gasteiger partial charge in [0.1, 0.15) is 0 Å². The molecular weight excluding hydrogens is 334 g/mol. The molecule has 2 aliphatic carbocycles. The summed E-state index contributed by atoms with van der Waals surface area (Å²) in [6.07, 6.45) is 6.24. The van der Waals surface area contributed by atoms with Crippen molar-refractivity contribution in [3.8, 4) is 11.5 Å². The molecule has 26 heavy (non-hydrogen) atoms. The zero-order valence-corrected chi connectivity index (χ0v) is 14.9. The number of hydrogen-bond donors (Lipinski definition) is 1. The number of ether oxygens (including phenoxy) is 3.